The third kappa shape index (κ3) is 2.30. The molecule has 1 fully saturated rings. The van der Waals surface area contributed by atoms with Crippen molar-refractivity contribution in [3.05, 3.63) is 59.9 Å². The number of hydrogen-bond donors (Lipinski definition) is 0. The molecule has 0 radical (unpaired) electrons. The molecular formula is C20H20O5. The fraction of sp³-hybridized carbons (Fsp3) is 0.350. The van der Waals surface area contributed by atoms with Crippen molar-refractivity contribution in [1.82, 2.24) is 0 Å². The Morgan fingerprint density at radius 2 is 2.16 bits per heavy atom. The second kappa shape index (κ2) is 5.77. The van der Waals surface area contributed by atoms with Crippen LogP contribution in [-0.4, -0.2) is 25.3 Å². The van der Waals surface area contributed by atoms with E-state index in [-0.39, 0.29) is 24.6 Å². The Labute approximate surface area is 146 Å². The first-order valence-electron chi connectivity index (χ1n) is 8.29. The molecule has 2 aliphatic heterocycles. The van der Waals surface area contributed by atoms with Gasteiger partial charge in [-0.1, -0.05) is 19.1 Å². The highest BCUT2D eigenvalue weighted by Crippen LogP contribution is 2.52. The molecule has 3 atom stereocenters. The Hall–Kier alpha value is -2.53. The summed E-state index contributed by atoms with van der Waals surface area (Å²) in [6.45, 7) is 6.02. The predicted octanol–water partition coefficient (Wildman–Crippen LogP) is 3.48. The highest BCUT2D eigenvalue weighted by atomic mass is 16.7. The van der Waals surface area contributed by atoms with Gasteiger partial charge in [-0.15, -0.1) is 6.58 Å². The molecule has 1 saturated heterocycles. The van der Waals surface area contributed by atoms with Gasteiger partial charge >= 0.3 is 0 Å². The van der Waals surface area contributed by atoms with E-state index in [1.807, 2.05) is 24.3 Å². The van der Waals surface area contributed by atoms with E-state index in [9.17, 15) is 4.79 Å². The molecule has 4 rings (SSSR count). The zero-order valence-electron chi connectivity index (χ0n) is 14.3. The van der Waals surface area contributed by atoms with E-state index in [1.54, 1.807) is 19.3 Å². The molecule has 2 heterocycles. The molecule has 5 nitrogen and oxygen atoms in total. The number of methoxy groups -OCH3 is 1. The Morgan fingerprint density at radius 3 is 2.92 bits per heavy atom. The number of ether oxygens (including phenoxy) is 4. The molecule has 0 unspecified atom stereocenters. The minimum atomic E-state index is -0.743. The van der Waals surface area contributed by atoms with E-state index in [0.717, 1.165) is 11.3 Å². The Bertz CT molecular complexity index is 806. The first-order chi connectivity index (χ1) is 12.1. The highest BCUT2D eigenvalue weighted by Gasteiger charge is 2.53. The van der Waals surface area contributed by atoms with Gasteiger partial charge in [-0.05, 0) is 30.2 Å². The summed E-state index contributed by atoms with van der Waals surface area (Å²) >= 11 is 0. The molecule has 1 aromatic rings. The van der Waals surface area contributed by atoms with Crippen molar-refractivity contribution in [1.29, 1.82) is 0 Å². The number of hydrogen-bond acceptors (Lipinski definition) is 5. The molecule has 1 aliphatic carbocycles. The monoisotopic (exact) mass is 340 g/mol. The Balaban J connectivity index is 1.74. The molecular weight excluding hydrogens is 320 g/mol. The third-order valence-electron chi connectivity index (χ3n) is 5.16. The van der Waals surface area contributed by atoms with Gasteiger partial charge in [0.1, 0.15) is 17.5 Å². The standard InChI is InChI=1S/C20H20O5/c1-4-5-14-10-20(22-3)12(2)19(25-18(20)9-15(14)21)13-6-7-16-17(8-13)24-11-23-16/h4,6-10,12,19H,1,5,11H2,2-3H3/t12-,19+,20+/m1/s1. The van der Waals surface area contributed by atoms with Gasteiger partial charge < -0.3 is 18.9 Å². The number of carbonyl (C=O) groups is 1. The molecule has 0 N–H and O–H groups in total. The average molecular weight is 340 g/mol. The molecule has 0 aromatic heterocycles. The van der Waals surface area contributed by atoms with Crippen molar-refractivity contribution in [3.8, 4) is 11.5 Å². The maximum Gasteiger partial charge on any atom is 0.231 e. The first-order valence-corrected chi connectivity index (χ1v) is 8.29. The highest BCUT2D eigenvalue weighted by molar-refractivity contribution is 6.06. The summed E-state index contributed by atoms with van der Waals surface area (Å²) in [5.74, 6) is 1.93. The van der Waals surface area contributed by atoms with Crippen LogP contribution in [0.15, 0.2) is 54.3 Å². The van der Waals surface area contributed by atoms with Crippen LogP contribution in [0.25, 0.3) is 0 Å². The maximum absolute atomic E-state index is 12.3. The van der Waals surface area contributed by atoms with Crippen LogP contribution in [0, 0.1) is 5.92 Å². The van der Waals surface area contributed by atoms with Gasteiger partial charge in [0, 0.05) is 24.7 Å². The topological polar surface area (TPSA) is 54.0 Å². The fourth-order valence-corrected chi connectivity index (χ4v) is 3.78. The largest absolute Gasteiger partial charge is 0.486 e. The van der Waals surface area contributed by atoms with E-state index >= 15 is 0 Å². The summed E-state index contributed by atoms with van der Waals surface area (Å²) in [6, 6.07) is 5.78. The van der Waals surface area contributed by atoms with E-state index in [4.69, 9.17) is 18.9 Å². The van der Waals surface area contributed by atoms with Gasteiger partial charge in [0.2, 0.25) is 6.79 Å². The Kier molecular flexibility index (Phi) is 3.69. The molecule has 0 saturated carbocycles. The number of carbonyl (C=O) groups excluding carboxylic acids is 1. The van der Waals surface area contributed by atoms with Crippen LogP contribution in [0.4, 0.5) is 0 Å². The van der Waals surface area contributed by atoms with Gasteiger partial charge in [0.15, 0.2) is 17.3 Å². The molecule has 0 spiro atoms. The summed E-state index contributed by atoms with van der Waals surface area (Å²) in [5, 5.41) is 0. The average Bonchev–Trinajstić information content (AvgIpc) is 3.18. The lowest BCUT2D eigenvalue weighted by Crippen LogP contribution is -2.38. The SMILES string of the molecule is C=CCC1=C[C@@]2(OC)C(=CC1=O)O[C@H](c1ccc3c(c1)OCO3)[C@H]2C. The Morgan fingerprint density at radius 1 is 1.36 bits per heavy atom. The first kappa shape index (κ1) is 16.0. The normalized spacial score (nSPS) is 29.6. The summed E-state index contributed by atoms with van der Waals surface area (Å²) in [5.41, 5.74) is 0.907. The van der Waals surface area contributed by atoms with Crippen molar-refractivity contribution in [3.63, 3.8) is 0 Å². The lowest BCUT2D eigenvalue weighted by molar-refractivity contribution is -0.112. The van der Waals surface area contributed by atoms with E-state index < -0.39 is 5.60 Å². The van der Waals surface area contributed by atoms with Crippen LogP contribution in [0.5, 0.6) is 11.5 Å². The number of allylic oxidation sites excluding steroid dienone is 3. The summed E-state index contributed by atoms with van der Waals surface area (Å²) in [6.07, 6.45) is 5.43. The number of benzene rings is 1. The van der Waals surface area contributed by atoms with Crippen LogP contribution in [0.2, 0.25) is 0 Å². The molecule has 1 aromatic carbocycles. The van der Waals surface area contributed by atoms with Gasteiger partial charge in [0.25, 0.3) is 0 Å². The van der Waals surface area contributed by atoms with Gasteiger partial charge in [-0.2, -0.15) is 0 Å². The van der Waals surface area contributed by atoms with Gasteiger partial charge in [0.05, 0.1) is 0 Å². The van der Waals surface area contributed by atoms with E-state index in [1.165, 1.54) is 0 Å². The zero-order valence-corrected chi connectivity index (χ0v) is 14.3. The fourth-order valence-electron chi connectivity index (χ4n) is 3.78. The van der Waals surface area contributed by atoms with E-state index in [2.05, 4.69) is 13.5 Å². The second-order valence-corrected chi connectivity index (χ2v) is 6.47. The lowest BCUT2D eigenvalue weighted by Gasteiger charge is -2.31. The zero-order chi connectivity index (χ0) is 17.6. The van der Waals surface area contributed by atoms with Crippen LogP contribution >= 0.6 is 0 Å². The maximum atomic E-state index is 12.3. The molecule has 130 valence electrons. The minimum Gasteiger partial charge on any atom is -0.486 e. The number of ketones is 1. The van der Waals surface area contributed by atoms with Crippen LogP contribution in [-0.2, 0) is 14.3 Å². The third-order valence-corrected chi connectivity index (χ3v) is 5.16. The predicted molar refractivity (Wildman–Crippen MR) is 91.3 cm³/mol. The van der Waals surface area contributed by atoms with Gasteiger partial charge in [-0.25, -0.2) is 0 Å². The molecule has 25 heavy (non-hydrogen) atoms. The van der Waals surface area contributed by atoms with E-state index in [0.29, 0.717) is 23.5 Å². The smallest absolute Gasteiger partial charge is 0.231 e. The van der Waals surface area contributed by atoms with Crippen LogP contribution in [0.3, 0.4) is 0 Å². The summed E-state index contributed by atoms with van der Waals surface area (Å²) in [7, 11) is 1.65. The van der Waals surface area contributed by atoms with Crippen LogP contribution < -0.4 is 9.47 Å². The number of rotatable bonds is 4. The molecule has 5 heteroatoms. The van der Waals surface area contributed by atoms with Crippen molar-refractivity contribution in [2.24, 2.45) is 5.92 Å². The van der Waals surface area contributed by atoms with Crippen molar-refractivity contribution in [2.75, 3.05) is 13.9 Å². The summed E-state index contributed by atoms with van der Waals surface area (Å²) in [4.78, 5) is 12.3. The minimum absolute atomic E-state index is 0.0166. The van der Waals surface area contributed by atoms with Gasteiger partial charge in [-0.3, -0.25) is 4.79 Å². The van der Waals surface area contributed by atoms with Crippen molar-refractivity contribution in [2.45, 2.75) is 25.0 Å². The van der Waals surface area contributed by atoms with Crippen molar-refractivity contribution < 1.29 is 23.7 Å². The van der Waals surface area contributed by atoms with Crippen molar-refractivity contribution >= 4 is 5.78 Å². The summed E-state index contributed by atoms with van der Waals surface area (Å²) < 4.78 is 22.9. The molecule has 3 aliphatic rings. The number of fused-ring (bicyclic) bond motifs is 2. The van der Waals surface area contributed by atoms with Crippen LogP contribution in [0.1, 0.15) is 25.0 Å². The molecule has 0 bridgehead atoms. The molecule has 0 amide bonds. The lowest BCUT2D eigenvalue weighted by atomic mass is 9.78. The quantitative estimate of drug-likeness (QED) is 0.786. The second-order valence-electron chi connectivity index (χ2n) is 6.47.